The lowest BCUT2D eigenvalue weighted by molar-refractivity contribution is -0.389. The fourth-order valence-corrected chi connectivity index (χ4v) is 4.33. The van der Waals surface area contributed by atoms with Gasteiger partial charge in [-0.05, 0) is 41.5 Å². The number of hydrogen-bond donors (Lipinski definition) is 1. The van der Waals surface area contributed by atoms with E-state index in [9.17, 15) is 20.0 Å². The van der Waals surface area contributed by atoms with Crippen molar-refractivity contribution < 1.29 is 24.3 Å². The summed E-state index contributed by atoms with van der Waals surface area (Å²) >= 11 is 0. The van der Waals surface area contributed by atoms with E-state index in [1.807, 2.05) is 31.2 Å². The van der Waals surface area contributed by atoms with Crippen molar-refractivity contribution in [2.75, 3.05) is 31.1 Å². The monoisotopic (exact) mass is 459 g/mol. The molecule has 1 aromatic carbocycles. The Labute approximate surface area is 191 Å². The predicted octanol–water partition coefficient (Wildman–Crippen LogP) is 3.24. The Bertz CT molecular complexity index is 1020. The van der Waals surface area contributed by atoms with Crippen molar-refractivity contribution in [1.82, 2.24) is 14.5 Å². The van der Waals surface area contributed by atoms with Crippen LogP contribution in [0.2, 0.25) is 0 Å². The van der Waals surface area contributed by atoms with Crippen LogP contribution >= 0.6 is 0 Å². The lowest BCUT2D eigenvalue weighted by Crippen LogP contribution is -2.59. The minimum atomic E-state index is -0.877. The average Bonchev–Trinajstić information content (AvgIpc) is 3.27. The molecular formula is C22H29N5O6. The van der Waals surface area contributed by atoms with Crippen LogP contribution in [0.3, 0.4) is 0 Å². The number of amides is 1. The molecule has 33 heavy (non-hydrogen) atoms. The second kappa shape index (κ2) is 8.13. The Morgan fingerprint density at radius 3 is 2.61 bits per heavy atom. The number of nitrogens with zero attached hydrogens (tertiary/aromatic N) is 5. The van der Waals surface area contributed by atoms with Gasteiger partial charge >= 0.3 is 17.9 Å². The molecule has 0 aliphatic carbocycles. The molecule has 11 nitrogen and oxygen atoms in total. The molecule has 4 rings (SSSR count). The Balaban J connectivity index is 1.36. The van der Waals surface area contributed by atoms with Crippen molar-refractivity contribution in [3.8, 4) is 11.8 Å². The first-order valence-corrected chi connectivity index (χ1v) is 10.8. The van der Waals surface area contributed by atoms with Crippen LogP contribution in [-0.4, -0.2) is 68.5 Å². The fourth-order valence-electron chi connectivity index (χ4n) is 4.33. The van der Waals surface area contributed by atoms with E-state index in [0.717, 1.165) is 5.69 Å². The van der Waals surface area contributed by atoms with Gasteiger partial charge in [0.05, 0.1) is 12.6 Å². The maximum atomic E-state index is 11.7. The van der Waals surface area contributed by atoms with Gasteiger partial charge in [-0.3, -0.25) is 4.57 Å². The number of rotatable bonds is 5. The zero-order valence-corrected chi connectivity index (χ0v) is 19.2. The summed E-state index contributed by atoms with van der Waals surface area (Å²) in [5.41, 5.74) is 0.159. The molecule has 2 atom stereocenters. The van der Waals surface area contributed by atoms with Gasteiger partial charge in [0.2, 0.25) is 0 Å². The van der Waals surface area contributed by atoms with Gasteiger partial charge in [0, 0.05) is 30.3 Å². The third-order valence-corrected chi connectivity index (χ3v) is 6.13. The van der Waals surface area contributed by atoms with E-state index in [2.05, 4.69) is 30.7 Å². The molecule has 1 fully saturated rings. The minimum Gasteiger partial charge on any atom is -0.489 e. The van der Waals surface area contributed by atoms with Gasteiger partial charge in [-0.2, -0.15) is 0 Å². The van der Waals surface area contributed by atoms with Gasteiger partial charge in [0.25, 0.3) is 0 Å². The third-order valence-electron chi connectivity index (χ3n) is 6.13. The summed E-state index contributed by atoms with van der Waals surface area (Å²) in [6, 6.07) is 7.81. The topological polar surface area (TPSA) is 123 Å². The fraction of sp³-hybridized carbons (Fsp3) is 0.545. The quantitative estimate of drug-likeness (QED) is 0.534. The van der Waals surface area contributed by atoms with E-state index >= 15 is 0 Å². The molecule has 0 spiro atoms. The summed E-state index contributed by atoms with van der Waals surface area (Å²) in [4.78, 5) is 29.6. The van der Waals surface area contributed by atoms with E-state index in [0.29, 0.717) is 31.9 Å². The van der Waals surface area contributed by atoms with Gasteiger partial charge < -0.3 is 34.5 Å². The number of carboxylic acid groups (broad SMARTS) is 1. The zero-order chi connectivity index (χ0) is 24.0. The number of anilines is 1. The normalized spacial score (nSPS) is 22.6. The largest absolute Gasteiger partial charge is 0.489 e. The molecule has 0 radical (unpaired) electrons. The van der Waals surface area contributed by atoms with Crippen molar-refractivity contribution in [1.29, 1.82) is 0 Å². The number of piperazine rings is 1. The van der Waals surface area contributed by atoms with Gasteiger partial charge in [0.15, 0.2) is 5.60 Å². The maximum absolute atomic E-state index is 11.7. The molecule has 0 bridgehead atoms. The van der Waals surface area contributed by atoms with Crippen LogP contribution in [0.15, 0.2) is 30.5 Å². The molecule has 2 aliphatic heterocycles. The molecule has 1 unspecified atom stereocenters. The lowest BCUT2D eigenvalue weighted by atomic mass is 9.84. The number of benzene rings is 1. The van der Waals surface area contributed by atoms with Crippen LogP contribution in [0, 0.1) is 15.5 Å². The van der Waals surface area contributed by atoms with Crippen LogP contribution in [0.25, 0.3) is 0 Å². The Hall–Kier alpha value is -3.50. The molecule has 1 amide bonds. The van der Waals surface area contributed by atoms with Crippen LogP contribution in [-0.2, 0) is 6.54 Å². The molecule has 0 saturated carbocycles. The van der Waals surface area contributed by atoms with Crippen molar-refractivity contribution in [3.63, 3.8) is 0 Å². The van der Waals surface area contributed by atoms with E-state index in [1.54, 1.807) is 4.57 Å². The highest BCUT2D eigenvalue weighted by Crippen LogP contribution is 2.33. The highest BCUT2D eigenvalue weighted by Gasteiger charge is 2.41. The standard InChI is InChI=1S/C22H29N5O6/c1-21(2,3)17-11-24(9-10-26(17)20(28)29)15-5-7-16(8-6-15)32-14-22(4)13-25-12-18(27(30)31)23-19(25)33-22/h5-8,12,17H,9-11,13-14H2,1-4H3,(H,28,29)/t17-,22?/m0/s1. The first-order valence-electron chi connectivity index (χ1n) is 10.8. The number of fused-ring (bicyclic) bond motifs is 1. The summed E-state index contributed by atoms with van der Waals surface area (Å²) in [6.07, 6.45) is 0.488. The molecule has 1 N–H and O–H groups in total. The summed E-state index contributed by atoms with van der Waals surface area (Å²) in [5, 5.41) is 20.4. The van der Waals surface area contributed by atoms with E-state index in [-0.39, 0.29) is 29.9 Å². The second-order valence-corrected chi connectivity index (χ2v) is 9.91. The number of nitro groups is 1. The van der Waals surface area contributed by atoms with E-state index in [1.165, 1.54) is 11.1 Å². The Morgan fingerprint density at radius 1 is 1.33 bits per heavy atom. The van der Waals surface area contributed by atoms with Gasteiger partial charge in [-0.1, -0.05) is 20.8 Å². The number of aromatic nitrogens is 2. The summed E-state index contributed by atoms with van der Waals surface area (Å²) in [6.45, 7) is 10.4. The average molecular weight is 460 g/mol. The number of hydrogen-bond acceptors (Lipinski definition) is 7. The Morgan fingerprint density at radius 2 is 2.03 bits per heavy atom. The first kappa shape index (κ1) is 22.7. The highest BCUT2D eigenvalue weighted by molar-refractivity contribution is 5.66. The van der Waals surface area contributed by atoms with Gasteiger partial charge in [-0.15, -0.1) is 0 Å². The highest BCUT2D eigenvalue weighted by atomic mass is 16.6. The van der Waals surface area contributed by atoms with Crippen LogP contribution in [0.1, 0.15) is 27.7 Å². The summed E-state index contributed by atoms with van der Waals surface area (Å²) in [7, 11) is 0. The van der Waals surface area contributed by atoms with Crippen molar-refractivity contribution in [2.45, 2.75) is 45.9 Å². The SMILES string of the molecule is CC1(COc2ccc(N3CCN(C(=O)O)[C@H](C(C)(C)C)C3)cc2)Cn2cc([N+](=O)[O-])nc2O1. The van der Waals surface area contributed by atoms with Gasteiger partial charge in [0.1, 0.15) is 18.6 Å². The molecule has 1 saturated heterocycles. The lowest BCUT2D eigenvalue weighted by Gasteiger charge is -2.46. The molecule has 2 aliphatic rings. The molecule has 2 aromatic rings. The second-order valence-electron chi connectivity index (χ2n) is 9.91. The van der Waals surface area contributed by atoms with Crippen LogP contribution < -0.4 is 14.4 Å². The molecule has 178 valence electrons. The minimum absolute atomic E-state index is 0.110. The van der Waals surface area contributed by atoms with E-state index in [4.69, 9.17) is 9.47 Å². The van der Waals surface area contributed by atoms with Crippen LogP contribution in [0.4, 0.5) is 16.3 Å². The zero-order valence-electron chi connectivity index (χ0n) is 19.2. The predicted molar refractivity (Wildman–Crippen MR) is 120 cm³/mol. The molecule has 11 heteroatoms. The van der Waals surface area contributed by atoms with E-state index < -0.39 is 16.6 Å². The summed E-state index contributed by atoms with van der Waals surface area (Å²) < 4.78 is 13.4. The smallest absolute Gasteiger partial charge is 0.415 e. The summed E-state index contributed by atoms with van der Waals surface area (Å²) in [5.74, 6) is 0.442. The molecule has 1 aromatic heterocycles. The maximum Gasteiger partial charge on any atom is 0.415 e. The van der Waals surface area contributed by atoms with Crippen molar-refractivity contribution in [2.24, 2.45) is 5.41 Å². The molecular weight excluding hydrogens is 430 g/mol. The number of ether oxygens (including phenoxy) is 2. The van der Waals surface area contributed by atoms with Crippen molar-refractivity contribution >= 4 is 17.6 Å². The number of imidazole rings is 1. The number of carbonyl (C=O) groups is 1. The van der Waals surface area contributed by atoms with Gasteiger partial charge in [-0.25, -0.2) is 4.79 Å². The third kappa shape index (κ3) is 4.67. The first-order chi connectivity index (χ1) is 15.4. The Kier molecular flexibility index (Phi) is 5.59. The molecule has 3 heterocycles. The van der Waals surface area contributed by atoms with Crippen LogP contribution in [0.5, 0.6) is 11.8 Å². The van der Waals surface area contributed by atoms with Crippen molar-refractivity contribution in [3.05, 3.63) is 40.6 Å².